The predicted octanol–water partition coefficient (Wildman–Crippen LogP) is 2.02. The molecule has 6 heteroatoms. The van der Waals surface area contributed by atoms with Gasteiger partial charge in [0.25, 0.3) is 5.91 Å². The molecule has 0 fully saturated rings. The van der Waals surface area contributed by atoms with E-state index >= 15 is 0 Å². The fourth-order valence-corrected chi connectivity index (χ4v) is 1.56. The van der Waals surface area contributed by atoms with Crippen molar-refractivity contribution in [1.82, 2.24) is 5.32 Å². The Bertz CT molecular complexity index is 549. The Kier molecular flexibility index (Phi) is 3.91. The van der Waals surface area contributed by atoms with E-state index in [0.717, 1.165) is 12.1 Å². The van der Waals surface area contributed by atoms with Crippen molar-refractivity contribution in [1.29, 1.82) is 0 Å². The Labute approximate surface area is 107 Å². The maximum absolute atomic E-state index is 12.9. The molecule has 0 radical (unpaired) electrons. The quantitative estimate of drug-likeness (QED) is 0.890. The number of benzene rings is 1. The Morgan fingerprint density at radius 3 is 2.58 bits per heavy atom. The number of aliphatic hydroxyl groups is 1. The standard InChI is InChI=1S/C13H11F2NO3/c14-9-4-8(5-10(15)6-9)13(18)16-7-11(17)12-2-1-3-19-12/h1-6,11,17H,7H2,(H,16,18). The van der Waals surface area contributed by atoms with Gasteiger partial charge in [0.15, 0.2) is 0 Å². The maximum atomic E-state index is 12.9. The van der Waals surface area contributed by atoms with Crippen LogP contribution >= 0.6 is 0 Å². The van der Waals surface area contributed by atoms with Crippen LogP contribution in [0.4, 0.5) is 8.78 Å². The van der Waals surface area contributed by atoms with Crippen LogP contribution in [0.3, 0.4) is 0 Å². The van der Waals surface area contributed by atoms with Crippen LogP contribution in [0.2, 0.25) is 0 Å². The van der Waals surface area contributed by atoms with Crippen LogP contribution in [0.5, 0.6) is 0 Å². The minimum absolute atomic E-state index is 0.121. The van der Waals surface area contributed by atoms with E-state index in [1.165, 1.54) is 6.26 Å². The van der Waals surface area contributed by atoms with Gasteiger partial charge in [-0.2, -0.15) is 0 Å². The van der Waals surface area contributed by atoms with Gasteiger partial charge in [-0.1, -0.05) is 0 Å². The number of aliphatic hydroxyl groups excluding tert-OH is 1. The Morgan fingerprint density at radius 2 is 2.00 bits per heavy atom. The summed E-state index contributed by atoms with van der Waals surface area (Å²) in [5, 5.41) is 12.0. The molecule has 0 saturated heterocycles. The van der Waals surface area contributed by atoms with Crippen molar-refractivity contribution in [2.75, 3.05) is 6.54 Å². The van der Waals surface area contributed by atoms with Gasteiger partial charge in [-0.3, -0.25) is 4.79 Å². The summed E-state index contributed by atoms with van der Waals surface area (Å²) in [6.07, 6.45) is 0.375. The van der Waals surface area contributed by atoms with Gasteiger partial charge >= 0.3 is 0 Å². The summed E-state index contributed by atoms with van der Waals surface area (Å²) in [5.41, 5.74) is -0.149. The van der Waals surface area contributed by atoms with Crippen LogP contribution in [0.15, 0.2) is 41.0 Å². The first-order chi connectivity index (χ1) is 9.06. The summed E-state index contributed by atoms with van der Waals surface area (Å²) in [7, 11) is 0. The van der Waals surface area contributed by atoms with Gasteiger partial charge < -0.3 is 14.8 Å². The summed E-state index contributed by atoms with van der Waals surface area (Å²) in [4.78, 5) is 11.6. The number of furan rings is 1. The summed E-state index contributed by atoms with van der Waals surface area (Å²) in [6, 6.07) is 5.66. The zero-order chi connectivity index (χ0) is 13.8. The van der Waals surface area contributed by atoms with Crippen LogP contribution in [0.1, 0.15) is 22.2 Å². The van der Waals surface area contributed by atoms with Gasteiger partial charge in [0.05, 0.1) is 12.8 Å². The normalized spacial score (nSPS) is 12.2. The highest BCUT2D eigenvalue weighted by Gasteiger charge is 2.14. The molecule has 0 saturated carbocycles. The number of carbonyl (C=O) groups excluding carboxylic acids is 1. The van der Waals surface area contributed by atoms with Crippen molar-refractivity contribution >= 4 is 5.91 Å². The molecule has 1 unspecified atom stereocenters. The second-order valence-corrected chi connectivity index (χ2v) is 3.90. The van der Waals surface area contributed by atoms with Gasteiger partial charge in [0.1, 0.15) is 23.5 Å². The SMILES string of the molecule is O=C(NCC(O)c1ccco1)c1cc(F)cc(F)c1. The van der Waals surface area contributed by atoms with E-state index in [1.807, 2.05) is 0 Å². The first-order valence-corrected chi connectivity index (χ1v) is 5.52. The maximum Gasteiger partial charge on any atom is 0.251 e. The molecule has 2 rings (SSSR count). The van der Waals surface area contributed by atoms with E-state index in [-0.39, 0.29) is 12.1 Å². The molecule has 0 aliphatic rings. The minimum atomic E-state index is -1.02. The average Bonchev–Trinajstić information content (AvgIpc) is 2.88. The minimum Gasteiger partial charge on any atom is -0.467 e. The van der Waals surface area contributed by atoms with Gasteiger partial charge in [0, 0.05) is 11.6 Å². The molecule has 0 spiro atoms. The third-order valence-corrected chi connectivity index (χ3v) is 2.45. The lowest BCUT2D eigenvalue weighted by Crippen LogP contribution is -2.28. The van der Waals surface area contributed by atoms with Gasteiger partial charge in [-0.15, -0.1) is 0 Å². The lowest BCUT2D eigenvalue weighted by Gasteiger charge is -2.09. The largest absolute Gasteiger partial charge is 0.467 e. The molecule has 1 amide bonds. The molecule has 100 valence electrons. The molecule has 2 N–H and O–H groups in total. The molecule has 0 aliphatic carbocycles. The molecule has 19 heavy (non-hydrogen) atoms. The average molecular weight is 267 g/mol. The molecular weight excluding hydrogens is 256 g/mol. The van der Waals surface area contributed by atoms with E-state index in [4.69, 9.17) is 4.42 Å². The van der Waals surface area contributed by atoms with Crippen molar-refractivity contribution in [2.45, 2.75) is 6.10 Å². The highest BCUT2D eigenvalue weighted by atomic mass is 19.1. The van der Waals surface area contributed by atoms with Crippen LogP contribution < -0.4 is 5.32 Å². The molecule has 2 aromatic rings. The Balaban J connectivity index is 1.98. The highest BCUT2D eigenvalue weighted by molar-refractivity contribution is 5.94. The first-order valence-electron chi connectivity index (χ1n) is 5.52. The zero-order valence-corrected chi connectivity index (χ0v) is 9.77. The molecular formula is C13H11F2NO3. The molecule has 0 bridgehead atoms. The predicted molar refractivity (Wildman–Crippen MR) is 62.4 cm³/mol. The number of amides is 1. The Hall–Kier alpha value is -2.21. The van der Waals surface area contributed by atoms with Crippen LogP contribution in [-0.4, -0.2) is 17.6 Å². The molecule has 1 atom stereocenters. The fraction of sp³-hybridized carbons (Fsp3) is 0.154. The van der Waals surface area contributed by atoms with E-state index in [0.29, 0.717) is 11.8 Å². The number of halogens is 2. The van der Waals surface area contributed by atoms with Gasteiger partial charge in [-0.05, 0) is 24.3 Å². The highest BCUT2D eigenvalue weighted by Crippen LogP contribution is 2.12. The van der Waals surface area contributed by atoms with Crippen LogP contribution in [-0.2, 0) is 0 Å². The third kappa shape index (κ3) is 3.38. The summed E-state index contributed by atoms with van der Waals surface area (Å²) < 4.78 is 30.8. The number of hydrogen-bond acceptors (Lipinski definition) is 3. The molecule has 0 aliphatic heterocycles. The smallest absolute Gasteiger partial charge is 0.251 e. The number of nitrogens with one attached hydrogen (secondary N) is 1. The van der Waals surface area contributed by atoms with Crippen molar-refractivity contribution in [2.24, 2.45) is 0 Å². The summed E-state index contributed by atoms with van der Waals surface area (Å²) in [6.45, 7) is -0.121. The second-order valence-electron chi connectivity index (χ2n) is 3.90. The lowest BCUT2D eigenvalue weighted by atomic mass is 10.2. The van der Waals surface area contributed by atoms with Gasteiger partial charge in [0.2, 0.25) is 0 Å². The monoisotopic (exact) mass is 267 g/mol. The third-order valence-electron chi connectivity index (χ3n) is 2.45. The fourth-order valence-electron chi connectivity index (χ4n) is 1.56. The second kappa shape index (κ2) is 5.62. The van der Waals surface area contributed by atoms with E-state index in [1.54, 1.807) is 12.1 Å². The zero-order valence-electron chi connectivity index (χ0n) is 9.77. The molecule has 1 aromatic carbocycles. The lowest BCUT2D eigenvalue weighted by molar-refractivity contribution is 0.0900. The van der Waals surface area contributed by atoms with Crippen molar-refractivity contribution in [3.63, 3.8) is 0 Å². The van der Waals surface area contributed by atoms with E-state index in [9.17, 15) is 18.7 Å². The van der Waals surface area contributed by atoms with Crippen molar-refractivity contribution in [3.05, 3.63) is 59.6 Å². The van der Waals surface area contributed by atoms with Crippen molar-refractivity contribution < 1.29 is 23.1 Å². The van der Waals surface area contributed by atoms with Crippen molar-refractivity contribution in [3.8, 4) is 0 Å². The summed E-state index contributed by atoms with van der Waals surface area (Å²) >= 11 is 0. The van der Waals surface area contributed by atoms with Crippen LogP contribution in [0.25, 0.3) is 0 Å². The van der Waals surface area contributed by atoms with E-state index < -0.39 is 23.6 Å². The number of hydrogen-bond donors (Lipinski definition) is 2. The first kappa shape index (κ1) is 13.2. The molecule has 4 nitrogen and oxygen atoms in total. The Morgan fingerprint density at radius 1 is 1.32 bits per heavy atom. The van der Waals surface area contributed by atoms with Gasteiger partial charge in [-0.25, -0.2) is 8.78 Å². The van der Waals surface area contributed by atoms with Crippen LogP contribution in [0, 0.1) is 11.6 Å². The van der Waals surface area contributed by atoms with E-state index in [2.05, 4.69) is 5.32 Å². The number of carbonyl (C=O) groups is 1. The topological polar surface area (TPSA) is 62.5 Å². The molecule has 1 heterocycles. The number of rotatable bonds is 4. The molecule has 1 aromatic heterocycles. The summed E-state index contributed by atoms with van der Waals surface area (Å²) in [5.74, 6) is -2.05.